The van der Waals surface area contributed by atoms with Gasteiger partial charge < -0.3 is 4.90 Å². The molecule has 1 atom stereocenters. The maximum absolute atomic E-state index is 12.3. The Bertz CT molecular complexity index is 500. The van der Waals surface area contributed by atoms with E-state index in [9.17, 15) is 4.79 Å². The molecule has 0 aliphatic carbocycles. The lowest BCUT2D eigenvalue weighted by atomic mass is 10.1. The average molecular weight is 366 g/mol. The third kappa shape index (κ3) is 5.67. The molecule has 3 rings (SSSR count). The highest BCUT2D eigenvalue weighted by Crippen LogP contribution is 2.39. The molecule has 0 saturated carbocycles. The first-order valence-corrected chi connectivity index (χ1v) is 11.4. The highest BCUT2D eigenvalue weighted by Gasteiger charge is 2.21. The molecule has 1 amide bonds. The van der Waals surface area contributed by atoms with Crippen molar-refractivity contribution in [1.29, 1.82) is 0 Å². The summed E-state index contributed by atoms with van der Waals surface area (Å²) >= 11 is 0. The molecule has 2 saturated heterocycles. The van der Waals surface area contributed by atoms with Crippen LogP contribution in [0.1, 0.15) is 37.7 Å². The van der Waals surface area contributed by atoms with Gasteiger partial charge in [0, 0.05) is 62.5 Å². The monoisotopic (exact) mass is 365 g/mol. The van der Waals surface area contributed by atoms with Crippen LogP contribution >= 0.6 is 21.6 Å². The number of hydrogen-bond acceptors (Lipinski definition) is 5. The Hall–Kier alpha value is -0.720. The summed E-state index contributed by atoms with van der Waals surface area (Å²) < 4.78 is 0. The summed E-state index contributed by atoms with van der Waals surface area (Å²) in [5.41, 5.74) is 1.30. The first kappa shape index (κ1) is 18.1. The molecule has 3 heterocycles. The third-order valence-corrected chi connectivity index (χ3v) is 7.78. The molecule has 24 heavy (non-hydrogen) atoms. The van der Waals surface area contributed by atoms with E-state index >= 15 is 0 Å². The molecule has 1 aromatic rings. The van der Waals surface area contributed by atoms with Gasteiger partial charge in [0.1, 0.15) is 0 Å². The van der Waals surface area contributed by atoms with Gasteiger partial charge >= 0.3 is 0 Å². The van der Waals surface area contributed by atoms with Gasteiger partial charge in [-0.3, -0.25) is 14.7 Å². The number of nitrogens with zero attached hydrogens (tertiary/aromatic N) is 3. The Labute approximate surface area is 153 Å². The highest BCUT2D eigenvalue weighted by atomic mass is 33.1. The standard InChI is InChI=1S/C18H27N3OS2/c22-18(4-2-1-3-17-7-14-23-24-17)21-12-10-20(11-13-21)15-16-5-8-19-9-6-16/h5-6,8-9,17H,1-4,7,10-15H2. The van der Waals surface area contributed by atoms with Gasteiger partial charge in [0.05, 0.1) is 0 Å². The van der Waals surface area contributed by atoms with E-state index in [0.29, 0.717) is 5.91 Å². The van der Waals surface area contributed by atoms with Crippen LogP contribution in [0.4, 0.5) is 0 Å². The van der Waals surface area contributed by atoms with Crippen molar-refractivity contribution in [1.82, 2.24) is 14.8 Å². The Kier molecular flexibility index (Phi) is 7.30. The zero-order valence-corrected chi connectivity index (χ0v) is 15.9. The molecule has 0 radical (unpaired) electrons. The van der Waals surface area contributed by atoms with Crippen LogP contribution in [0, 0.1) is 0 Å². The van der Waals surface area contributed by atoms with Crippen molar-refractivity contribution in [2.24, 2.45) is 0 Å². The van der Waals surface area contributed by atoms with Gasteiger partial charge in [-0.25, -0.2) is 0 Å². The lowest BCUT2D eigenvalue weighted by molar-refractivity contribution is -0.133. The number of carbonyl (C=O) groups excluding carboxylic acids is 1. The number of hydrogen-bond donors (Lipinski definition) is 0. The summed E-state index contributed by atoms with van der Waals surface area (Å²) in [6.45, 7) is 4.66. The summed E-state index contributed by atoms with van der Waals surface area (Å²) in [5.74, 6) is 1.66. The van der Waals surface area contributed by atoms with E-state index in [1.54, 1.807) is 0 Å². The van der Waals surface area contributed by atoms with E-state index in [1.807, 2.05) is 34.0 Å². The van der Waals surface area contributed by atoms with Crippen LogP contribution in [-0.2, 0) is 11.3 Å². The summed E-state index contributed by atoms with van der Waals surface area (Å²) in [6.07, 6.45) is 9.31. The second-order valence-electron chi connectivity index (χ2n) is 6.59. The number of aromatic nitrogens is 1. The first-order chi connectivity index (χ1) is 11.8. The molecule has 0 aromatic carbocycles. The van der Waals surface area contributed by atoms with Gasteiger partial charge in [0.2, 0.25) is 5.91 Å². The maximum atomic E-state index is 12.3. The molecular weight excluding hydrogens is 338 g/mol. The quantitative estimate of drug-likeness (QED) is 0.546. The normalized spacial score (nSPS) is 22.0. The Morgan fingerprint density at radius 1 is 1.17 bits per heavy atom. The SMILES string of the molecule is O=C(CCCCC1CCSS1)N1CCN(Cc2ccncc2)CC1. The van der Waals surface area contributed by atoms with Crippen LogP contribution in [0.3, 0.4) is 0 Å². The molecule has 6 heteroatoms. The molecule has 0 spiro atoms. The van der Waals surface area contributed by atoms with E-state index < -0.39 is 0 Å². The smallest absolute Gasteiger partial charge is 0.222 e. The molecule has 1 unspecified atom stereocenters. The number of rotatable bonds is 7. The molecule has 0 N–H and O–H groups in total. The van der Waals surface area contributed by atoms with E-state index in [2.05, 4.69) is 26.9 Å². The third-order valence-electron chi connectivity index (χ3n) is 4.77. The lowest BCUT2D eigenvalue weighted by Gasteiger charge is -2.34. The van der Waals surface area contributed by atoms with Crippen molar-refractivity contribution in [2.45, 2.75) is 43.9 Å². The van der Waals surface area contributed by atoms with Gasteiger partial charge in [-0.15, -0.1) is 0 Å². The fourth-order valence-electron chi connectivity index (χ4n) is 3.27. The summed E-state index contributed by atoms with van der Waals surface area (Å²) in [4.78, 5) is 20.9. The van der Waals surface area contributed by atoms with E-state index in [0.717, 1.165) is 50.8 Å². The topological polar surface area (TPSA) is 36.4 Å². The fourth-order valence-corrected chi connectivity index (χ4v) is 6.30. The maximum Gasteiger partial charge on any atom is 0.222 e. The van der Waals surface area contributed by atoms with Crippen LogP contribution in [-0.4, -0.2) is 57.9 Å². The van der Waals surface area contributed by atoms with Crippen molar-refractivity contribution >= 4 is 27.5 Å². The summed E-state index contributed by atoms with van der Waals surface area (Å²) in [5, 5.41) is 0.835. The van der Waals surface area contributed by atoms with E-state index in [-0.39, 0.29) is 0 Å². The highest BCUT2D eigenvalue weighted by molar-refractivity contribution is 8.77. The Morgan fingerprint density at radius 3 is 2.67 bits per heavy atom. The summed E-state index contributed by atoms with van der Waals surface area (Å²) in [7, 11) is 4.05. The van der Waals surface area contributed by atoms with Gasteiger partial charge in [0.15, 0.2) is 0 Å². The molecule has 1 aromatic heterocycles. The molecule has 2 aliphatic heterocycles. The first-order valence-electron chi connectivity index (χ1n) is 8.98. The van der Waals surface area contributed by atoms with E-state index in [4.69, 9.17) is 0 Å². The largest absolute Gasteiger partial charge is 0.340 e. The minimum Gasteiger partial charge on any atom is -0.340 e. The number of carbonyl (C=O) groups is 1. The van der Waals surface area contributed by atoms with Gasteiger partial charge in [-0.05, 0) is 37.0 Å². The van der Waals surface area contributed by atoms with Crippen molar-refractivity contribution in [3.8, 4) is 0 Å². The van der Waals surface area contributed by atoms with Crippen molar-refractivity contribution in [2.75, 3.05) is 31.9 Å². The second kappa shape index (κ2) is 9.68. The summed E-state index contributed by atoms with van der Waals surface area (Å²) in [6, 6.07) is 4.14. The van der Waals surface area contributed by atoms with Crippen LogP contribution in [0.25, 0.3) is 0 Å². The number of unbranched alkanes of at least 4 members (excludes halogenated alkanes) is 1. The molecule has 2 fully saturated rings. The van der Waals surface area contributed by atoms with Gasteiger partial charge in [-0.1, -0.05) is 28.0 Å². The molecule has 2 aliphatic rings. The van der Waals surface area contributed by atoms with Crippen LogP contribution in [0.2, 0.25) is 0 Å². The average Bonchev–Trinajstić information content (AvgIpc) is 3.13. The molecule has 132 valence electrons. The molecule has 0 bridgehead atoms. The van der Waals surface area contributed by atoms with Crippen molar-refractivity contribution < 1.29 is 4.79 Å². The predicted octanol–water partition coefficient (Wildman–Crippen LogP) is 3.44. The molecular formula is C18H27N3OS2. The lowest BCUT2D eigenvalue weighted by Crippen LogP contribution is -2.48. The number of piperazine rings is 1. The van der Waals surface area contributed by atoms with Crippen LogP contribution < -0.4 is 0 Å². The zero-order valence-electron chi connectivity index (χ0n) is 14.2. The molecule has 4 nitrogen and oxygen atoms in total. The van der Waals surface area contributed by atoms with Crippen molar-refractivity contribution in [3.05, 3.63) is 30.1 Å². The number of amides is 1. The Balaban J connectivity index is 1.30. The number of pyridine rings is 1. The van der Waals surface area contributed by atoms with Gasteiger partial charge in [0.25, 0.3) is 0 Å². The van der Waals surface area contributed by atoms with E-state index in [1.165, 1.54) is 30.6 Å². The van der Waals surface area contributed by atoms with Crippen LogP contribution in [0.15, 0.2) is 24.5 Å². The Morgan fingerprint density at radius 2 is 1.96 bits per heavy atom. The van der Waals surface area contributed by atoms with Crippen molar-refractivity contribution in [3.63, 3.8) is 0 Å². The minimum atomic E-state index is 0.354. The predicted molar refractivity (Wildman–Crippen MR) is 103 cm³/mol. The van der Waals surface area contributed by atoms with Gasteiger partial charge in [-0.2, -0.15) is 0 Å². The fraction of sp³-hybridized carbons (Fsp3) is 0.667. The second-order valence-corrected chi connectivity index (χ2v) is 9.37. The van der Waals surface area contributed by atoms with Crippen LogP contribution in [0.5, 0.6) is 0 Å². The minimum absolute atomic E-state index is 0.354. The zero-order chi connectivity index (χ0) is 16.6.